The van der Waals surface area contributed by atoms with Gasteiger partial charge in [-0.05, 0) is 97.8 Å². The molecule has 0 N–H and O–H groups in total. The van der Waals surface area contributed by atoms with Gasteiger partial charge in [-0.25, -0.2) is 4.67 Å². The quantitative estimate of drug-likeness (QED) is 0.0710. The first-order chi connectivity index (χ1) is 25.1. The number of unbranched alkanes of at least 4 members (excludes halogenated alkanes) is 3. The van der Waals surface area contributed by atoms with E-state index < -0.39 is 8.53 Å². The molecule has 4 heterocycles. The molecule has 4 aliphatic heterocycles. The molecule has 0 aromatic heterocycles. The highest BCUT2D eigenvalue weighted by Crippen LogP contribution is 2.54. The van der Waals surface area contributed by atoms with Crippen LogP contribution in [0.25, 0.3) is 0 Å². The molecular formula is C45H62ClN4O2P. The Morgan fingerprint density at radius 3 is 2.34 bits per heavy atom. The van der Waals surface area contributed by atoms with E-state index in [2.05, 4.69) is 135 Å². The van der Waals surface area contributed by atoms with Gasteiger partial charge in [0.05, 0.1) is 31.1 Å². The molecule has 286 valence electrons. The van der Waals surface area contributed by atoms with Crippen LogP contribution in [0.15, 0.2) is 72.5 Å². The van der Waals surface area contributed by atoms with Gasteiger partial charge in [-0.15, -0.1) is 0 Å². The summed E-state index contributed by atoms with van der Waals surface area (Å²) in [5.74, 6) is 0. The molecule has 0 spiro atoms. The largest absolute Gasteiger partial charge is 1.00 e. The summed E-state index contributed by atoms with van der Waals surface area (Å²) in [7, 11) is -1.17. The van der Waals surface area contributed by atoms with Crippen LogP contribution in [0.1, 0.15) is 122 Å². The predicted octanol–water partition coefficient (Wildman–Crippen LogP) is 7.98. The lowest BCUT2D eigenvalue weighted by Gasteiger charge is -2.35. The molecule has 2 unspecified atom stereocenters. The van der Waals surface area contributed by atoms with Crippen LogP contribution in [0.4, 0.5) is 11.4 Å². The third-order valence-corrected chi connectivity index (χ3v) is 13.8. The molecule has 53 heavy (non-hydrogen) atoms. The van der Waals surface area contributed by atoms with Gasteiger partial charge in [0.25, 0.3) is 8.53 Å². The maximum atomic E-state index is 9.02. The van der Waals surface area contributed by atoms with E-state index in [1.165, 1.54) is 83.6 Å². The van der Waals surface area contributed by atoms with Crippen molar-refractivity contribution in [1.82, 2.24) is 4.67 Å². The number of rotatable bonds is 17. The van der Waals surface area contributed by atoms with Crippen LogP contribution in [0.5, 0.6) is 0 Å². The fourth-order valence-corrected chi connectivity index (χ4v) is 10.9. The van der Waals surface area contributed by atoms with Crippen molar-refractivity contribution in [1.29, 1.82) is 5.26 Å². The van der Waals surface area contributed by atoms with Crippen LogP contribution in [-0.2, 0) is 32.7 Å². The lowest BCUT2D eigenvalue weighted by atomic mass is 9.76. The topological polar surface area (TPSA) is 51.7 Å². The molecule has 0 bridgehead atoms. The number of para-hydroxylation sites is 2. The van der Waals surface area contributed by atoms with Crippen molar-refractivity contribution in [2.24, 2.45) is 0 Å². The predicted molar refractivity (Wildman–Crippen MR) is 218 cm³/mol. The molecule has 0 fully saturated rings. The standard InChI is InChI=1S/C45H62N4O2P.ClH/c1-34(2)49(35(3)4)52(51-33-19-29-46)50-32-14-9-8-13-28-45(7)39-25-16-21-37-23-18-31-48(43(37)39)41(45)27-12-10-11-26-40-44(5,6)38-24-15-20-36-22-17-30-47(40)42(36)38;/h10-12,15-16,20-21,24-27,34-35H,8-9,13-14,17-19,22-23,28,30-33H2,1-7H3;1H/q+1;/p-1. The average molecular weight is 757 g/mol. The summed E-state index contributed by atoms with van der Waals surface area (Å²) in [5.41, 5.74) is 11.8. The zero-order valence-electron chi connectivity index (χ0n) is 33.3. The second kappa shape index (κ2) is 18.2. The minimum atomic E-state index is -1.17. The van der Waals surface area contributed by atoms with E-state index in [0.29, 0.717) is 31.7 Å². The normalized spacial score (nSPS) is 21.3. The minimum Gasteiger partial charge on any atom is -1.00 e. The smallest absolute Gasteiger partial charge is 0.259 e. The Kier molecular flexibility index (Phi) is 14.2. The number of halogens is 1. The number of anilines is 1. The molecule has 0 saturated carbocycles. The second-order valence-corrected chi connectivity index (χ2v) is 17.8. The Bertz CT molecular complexity index is 1750. The van der Waals surface area contributed by atoms with Crippen molar-refractivity contribution in [2.75, 3.05) is 31.2 Å². The van der Waals surface area contributed by atoms with E-state index >= 15 is 0 Å². The molecule has 2 aromatic rings. The van der Waals surface area contributed by atoms with E-state index in [0.717, 1.165) is 32.4 Å². The first kappa shape index (κ1) is 41.4. The zero-order chi connectivity index (χ0) is 36.9. The summed E-state index contributed by atoms with van der Waals surface area (Å²) in [6.45, 7) is 19.3. The fraction of sp³-hybridized carbons (Fsp3) is 0.556. The average Bonchev–Trinajstić information content (AvgIpc) is 3.49. The van der Waals surface area contributed by atoms with Crippen LogP contribution in [0.2, 0.25) is 0 Å². The molecule has 6 rings (SSSR count). The van der Waals surface area contributed by atoms with Crippen LogP contribution in [0, 0.1) is 11.3 Å². The monoisotopic (exact) mass is 756 g/mol. The third kappa shape index (κ3) is 8.56. The number of nitriles is 1. The van der Waals surface area contributed by atoms with Crippen LogP contribution in [0.3, 0.4) is 0 Å². The summed E-state index contributed by atoms with van der Waals surface area (Å²) in [6.07, 6.45) is 22.4. The van der Waals surface area contributed by atoms with Crippen molar-refractivity contribution in [3.05, 3.63) is 94.7 Å². The summed E-state index contributed by atoms with van der Waals surface area (Å²) < 4.78 is 17.3. The first-order valence-electron chi connectivity index (χ1n) is 20.0. The fourth-order valence-electron chi connectivity index (χ4n) is 9.23. The van der Waals surface area contributed by atoms with E-state index in [1.807, 2.05) is 0 Å². The van der Waals surface area contributed by atoms with E-state index in [-0.39, 0.29) is 23.2 Å². The molecular weight excluding hydrogens is 695 g/mol. The van der Waals surface area contributed by atoms with Crippen molar-refractivity contribution in [2.45, 2.75) is 136 Å². The van der Waals surface area contributed by atoms with Crippen molar-refractivity contribution in [3.8, 4) is 6.07 Å². The molecule has 2 aromatic carbocycles. The van der Waals surface area contributed by atoms with Gasteiger partial charge in [0.2, 0.25) is 5.69 Å². The molecule has 8 heteroatoms. The van der Waals surface area contributed by atoms with Crippen molar-refractivity contribution in [3.63, 3.8) is 0 Å². The molecule has 4 aliphatic rings. The maximum Gasteiger partial charge on any atom is 0.259 e. The Balaban J connectivity index is 0.00000541. The highest BCUT2D eigenvalue weighted by Gasteiger charge is 2.47. The summed E-state index contributed by atoms with van der Waals surface area (Å²) in [5, 5.41) is 9.02. The summed E-state index contributed by atoms with van der Waals surface area (Å²) in [6, 6.07) is 16.8. The van der Waals surface area contributed by atoms with Crippen molar-refractivity contribution >= 4 is 25.6 Å². The second-order valence-electron chi connectivity index (χ2n) is 16.3. The van der Waals surface area contributed by atoms with Gasteiger partial charge in [0.1, 0.15) is 6.54 Å². The van der Waals surface area contributed by atoms with E-state index in [1.54, 1.807) is 0 Å². The van der Waals surface area contributed by atoms with Gasteiger partial charge in [-0.2, -0.15) is 9.84 Å². The molecule has 0 aliphatic carbocycles. The molecule has 0 saturated heterocycles. The van der Waals surface area contributed by atoms with E-state index in [9.17, 15) is 0 Å². The Labute approximate surface area is 328 Å². The Morgan fingerprint density at radius 2 is 1.58 bits per heavy atom. The summed E-state index contributed by atoms with van der Waals surface area (Å²) >= 11 is 0. The van der Waals surface area contributed by atoms with Gasteiger partial charge >= 0.3 is 0 Å². The number of allylic oxidation sites excluding steroid dienone is 6. The number of hydrogen-bond acceptors (Lipinski definition) is 5. The molecule has 2 atom stereocenters. The van der Waals surface area contributed by atoms with Crippen LogP contribution in [-0.4, -0.2) is 53.3 Å². The first-order valence-corrected chi connectivity index (χ1v) is 21.2. The lowest BCUT2D eigenvalue weighted by Crippen LogP contribution is -3.00. The highest BCUT2D eigenvalue weighted by molar-refractivity contribution is 7.44. The maximum absolute atomic E-state index is 9.02. The lowest BCUT2D eigenvalue weighted by molar-refractivity contribution is -0.443. The number of nitrogens with zero attached hydrogens (tertiary/aromatic N) is 4. The van der Waals surface area contributed by atoms with Gasteiger partial charge < -0.3 is 26.4 Å². The molecule has 0 amide bonds. The van der Waals surface area contributed by atoms with E-state index in [4.69, 9.17) is 14.3 Å². The van der Waals surface area contributed by atoms with Gasteiger partial charge in [-0.3, -0.25) is 0 Å². The summed E-state index contributed by atoms with van der Waals surface area (Å²) in [4.78, 5) is 2.64. The minimum absolute atomic E-state index is 0. The van der Waals surface area contributed by atoms with Gasteiger partial charge in [-0.1, -0.05) is 73.9 Å². The Morgan fingerprint density at radius 1 is 0.887 bits per heavy atom. The van der Waals surface area contributed by atoms with Crippen molar-refractivity contribution < 1.29 is 26.0 Å². The van der Waals surface area contributed by atoms with Gasteiger partial charge in [0, 0.05) is 59.1 Å². The van der Waals surface area contributed by atoms with Crippen LogP contribution >= 0.6 is 8.53 Å². The third-order valence-electron chi connectivity index (χ3n) is 11.7. The number of aryl methyl sites for hydroxylation is 2. The van der Waals surface area contributed by atoms with Gasteiger partial charge in [0.15, 0.2) is 5.71 Å². The number of benzene rings is 2. The number of hydrogen-bond donors (Lipinski definition) is 0. The molecule has 0 radical (unpaired) electrons. The Hall–Kier alpha value is -2.78. The SMILES string of the molecule is CC(C)N(C(C)C)P(OCCC#N)OCCCCCCC1(C)C(=CC=CC=CC2=[N+]3CCCc4cccc(c43)C2(C)C)N2CCCc3cccc1c32.[Cl-]. The highest BCUT2D eigenvalue weighted by atomic mass is 35.5. The molecule has 6 nitrogen and oxygen atoms in total. The van der Waals surface area contributed by atoms with Crippen LogP contribution < -0.4 is 17.3 Å². The zero-order valence-corrected chi connectivity index (χ0v) is 35.0.